The third kappa shape index (κ3) is 3.44. The molecule has 0 aliphatic carbocycles. The Balaban J connectivity index is 2.23. The van der Waals surface area contributed by atoms with Crippen molar-refractivity contribution in [2.75, 3.05) is 19.1 Å². The number of thiol groups is 1. The Morgan fingerprint density at radius 1 is 1.19 bits per heavy atom. The van der Waals surface area contributed by atoms with Crippen molar-refractivity contribution in [1.82, 2.24) is 5.32 Å². The van der Waals surface area contributed by atoms with E-state index >= 15 is 0 Å². The van der Waals surface area contributed by atoms with Crippen LogP contribution in [-0.2, 0) is 4.79 Å². The van der Waals surface area contributed by atoms with Gasteiger partial charge in [-0.15, -0.1) is 12.6 Å². The lowest BCUT2D eigenvalue weighted by atomic mass is 10.0. The summed E-state index contributed by atoms with van der Waals surface area (Å²) in [6.07, 6.45) is -0.617. The molecule has 0 saturated carbocycles. The molecule has 2 aromatic rings. The van der Waals surface area contributed by atoms with Gasteiger partial charge in [-0.3, -0.25) is 4.79 Å². The average Bonchev–Trinajstić information content (AvgIpc) is 2.67. The van der Waals surface area contributed by atoms with E-state index in [1.807, 2.05) is 37.3 Å². The molecule has 1 atom stereocenters. The van der Waals surface area contributed by atoms with E-state index < -0.39 is 12.1 Å². The first kappa shape index (κ1) is 18.7. The number of aryl methyl sites for hydroxylation is 1. The van der Waals surface area contributed by atoms with Gasteiger partial charge in [0.15, 0.2) is 0 Å². The molecule has 0 saturated heterocycles. The highest BCUT2D eigenvalue weighted by Gasteiger charge is 2.35. The van der Waals surface area contributed by atoms with E-state index in [0.717, 1.165) is 11.3 Å². The highest BCUT2D eigenvalue weighted by atomic mass is 32.1. The Labute approximate surface area is 163 Å². The maximum absolute atomic E-state index is 12.5. The molecule has 1 heterocycles. The predicted molar refractivity (Wildman–Crippen MR) is 106 cm³/mol. The number of benzene rings is 2. The summed E-state index contributed by atoms with van der Waals surface area (Å²) in [7, 11) is 3.13. The smallest absolute Gasteiger partial charge is 0.266 e. The van der Waals surface area contributed by atoms with Gasteiger partial charge in [0, 0.05) is 11.3 Å². The van der Waals surface area contributed by atoms with E-state index in [-0.39, 0.29) is 10.6 Å². The van der Waals surface area contributed by atoms with Gasteiger partial charge in [0.05, 0.1) is 19.2 Å². The molecule has 3 rings (SSSR count). The number of anilines is 1. The molecule has 7 heteroatoms. The van der Waals surface area contributed by atoms with Crippen LogP contribution >= 0.6 is 12.6 Å². The summed E-state index contributed by atoms with van der Waals surface area (Å²) in [5.74, 6) is 0.724. The van der Waals surface area contributed by atoms with Gasteiger partial charge in [0.2, 0.25) is 0 Å². The van der Waals surface area contributed by atoms with Crippen molar-refractivity contribution in [2.24, 2.45) is 0 Å². The van der Waals surface area contributed by atoms with Crippen LogP contribution in [0.2, 0.25) is 0 Å². The van der Waals surface area contributed by atoms with Gasteiger partial charge >= 0.3 is 0 Å². The molecule has 6 nitrogen and oxygen atoms in total. The molecule has 0 bridgehead atoms. The van der Waals surface area contributed by atoms with Crippen LogP contribution in [0, 0.1) is 18.3 Å². The first-order valence-corrected chi connectivity index (χ1v) is 8.67. The van der Waals surface area contributed by atoms with Crippen LogP contribution in [0.15, 0.2) is 53.1 Å². The maximum atomic E-state index is 12.5. The first-order valence-electron chi connectivity index (χ1n) is 8.22. The minimum Gasteiger partial charge on any atom is -0.497 e. The largest absolute Gasteiger partial charge is 0.497 e. The predicted octanol–water partition coefficient (Wildman–Crippen LogP) is 3.31. The van der Waals surface area contributed by atoms with Gasteiger partial charge in [0.1, 0.15) is 29.3 Å². The van der Waals surface area contributed by atoms with E-state index in [9.17, 15) is 10.1 Å². The quantitative estimate of drug-likeness (QED) is 0.795. The molecule has 1 unspecified atom stereocenters. The number of methoxy groups -OCH3 is 2. The summed E-state index contributed by atoms with van der Waals surface area (Å²) in [5.41, 5.74) is 2.48. The van der Waals surface area contributed by atoms with E-state index in [4.69, 9.17) is 9.47 Å². The van der Waals surface area contributed by atoms with Crippen LogP contribution in [0.25, 0.3) is 0 Å². The molecule has 0 radical (unpaired) electrons. The monoisotopic (exact) mass is 381 g/mol. The summed E-state index contributed by atoms with van der Waals surface area (Å²) in [6.45, 7) is 1.97. The number of nitrogens with zero attached hydrogens (tertiary/aromatic N) is 2. The zero-order chi connectivity index (χ0) is 19.6. The molecule has 1 aliphatic rings. The fraction of sp³-hybridized carbons (Fsp3) is 0.200. The second kappa shape index (κ2) is 7.64. The van der Waals surface area contributed by atoms with Crippen LogP contribution in [0.5, 0.6) is 11.5 Å². The zero-order valence-electron chi connectivity index (χ0n) is 15.2. The number of carbonyl (C=O) groups is 1. The number of amides is 1. The van der Waals surface area contributed by atoms with Crippen molar-refractivity contribution in [3.63, 3.8) is 0 Å². The van der Waals surface area contributed by atoms with Crippen LogP contribution in [-0.4, -0.2) is 20.1 Å². The van der Waals surface area contributed by atoms with Crippen LogP contribution < -0.4 is 19.7 Å². The third-order valence-corrected chi connectivity index (χ3v) is 4.77. The Bertz CT molecular complexity index is 965. The molecule has 1 aliphatic heterocycles. The number of nitriles is 1. The number of ether oxygens (including phenoxy) is 2. The summed E-state index contributed by atoms with van der Waals surface area (Å²) < 4.78 is 10.8. The van der Waals surface area contributed by atoms with Crippen molar-refractivity contribution in [1.29, 1.82) is 5.26 Å². The summed E-state index contributed by atoms with van der Waals surface area (Å²) in [5, 5.41) is 12.6. The second-order valence-corrected chi connectivity index (χ2v) is 6.43. The number of carbonyl (C=O) groups excluding carboxylic acids is 1. The van der Waals surface area contributed by atoms with Gasteiger partial charge in [-0.25, -0.2) is 0 Å². The van der Waals surface area contributed by atoms with E-state index in [1.54, 1.807) is 37.3 Å². The molecule has 0 spiro atoms. The lowest BCUT2D eigenvalue weighted by Crippen LogP contribution is -2.46. The van der Waals surface area contributed by atoms with Crippen molar-refractivity contribution >= 4 is 24.2 Å². The average molecular weight is 381 g/mol. The Kier molecular flexibility index (Phi) is 5.28. The topological polar surface area (TPSA) is 74.6 Å². The fourth-order valence-electron chi connectivity index (χ4n) is 3.03. The number of hydrogen-bond donors (Lipinski definition) is 2. The number of rotatable bonds is 4. The van der Waals surface area contributed by atoms with Crippen molar-refractivity contribution in [3.8, 4) is 17.6 Å². The maximum Gasteiger partial charge on any atom is 0.266 e. The van der Waals surface area contributed by atoms with E-state index in [2.05, 4.69) is 17.9 Å². The van der Waals surface area contributed by atoms with Gasteiger partial charge in [0.25, 0.3) is 5.91 Å². The van der Waals surface area contributed by atoms with Gasteiger partial charge in [-0.05, 0) is 42.8 Å². The van der Waals surface area contributed by atoms with Crippen molar-refractivity contribution < 1.29 is 14.3 Å². The SMILES string of the molecule is COc1ccc(OC)c(C2NC(=O)C(C#N)=C(S)N2c2cccc(C)c2)c1. The lowest BCUT2D eigenvalue weighted by Gasteiger charge is -2.38. The summed E-state index contributed by atoms with van der Waals surface area (Å²) >= 11 is 4.51. The van der Waals surface area contributed by atoms with Gasteiger partial charge in [-0.1, -0.05) is 12.1 Å². The van der Waals surface area contributed by atoms with Gasteiger partial charge in [-0.2, -0.15) is 5.26 Å². The summed E-state index contributed by atoms with van der Waals surface area (Å²) in [6, 6.07) is 15.0. The highest BCUT2D eigenvalue weighted by Crippen LogP contribution is 2.40. The molecule has 138 valence electrons. The lowest BCUT2D eigenvalue weighted by molar-refractivity contribution is -0.118. The van der Waals surface area contributed by atoms with Crippen LogP contribution in [0.4, 0.5) is 5.69 Å². The van der Waals surface area contributed by atoms with Crippen LogP contribution in [0.1, 0.15) is 17.3 Å². The first-order chi connectivity index (χ1) is 13.0. The number of hydrogen-bond acceptors (Lipinski definition) is 6. The molecule has 1 N–H and O–H groups in total. The minimum absolute atomic E-state index is 0.0436. The van der Waals surface area contributed by atoms with Crippen LogP contribution in [0.3, 0.4) is 0 Å². The molecule has 1 amide bonds. The summed E-state index contributed by atoms with van der Waals surface area (Å²) in [4.78, 5) is 14.3. The number of nitrogens with one attached hydrogen (secondary N) is 1. The third-order valence-electron chi connectivity index (χ3n) is 4.33. The Morgan fingerprint density at radius 2 is 1.96 bits per heavy atom. The molecule has 0 aromatic heterocycles. The van der Waals surface area contributed by atoms with Crippen molar-refractivity contribution in [2.45, 2.75) is 13.1 Å². The second-order valence-electron chi connectivity index (χ2n) is 6.00. The molecule has 27 heavy (non-hydrogen) atoms. The highest BCUT2D eigenvalue weighted by molar-refractivity contribution is 7.84. The molecule has 2 aromatic carbocycles. The van der Waals surface area contributed by atoms with Crippen molar-refractivity contribution in [3.05, 3.63) is 64.2 Å². The van der Waals surface area contributed by atoms with E-state index in [1.165, 1.54) is 0 Å². The fourth-order valence-corrected chi connectivity index (χ4v) is 3.41. The Morgan fingerprint density at radius 3 is 2.59 bits per heavy atom. The molecular formula is C20H19N3O3S. The molecule has 0 fully saturated rings. The van der Waals surface area contributed by atoms with Gasteiger partial charge < -0.3 is 19.7 Å². The normalized spacial score (nSPS) is 16.6. The zero-order valence-corrected chi connectivity index (χ0v) is 16.1. The van der Waals surface area contributed by atoms with E-state index in [0.29, 0.717) is 17.1 Å². The standard InChI is InChI=1S/C20H19N3O3S/c1-12-5-4-6-13(9-12)23-18(22-19(24)16(11-21)20(23)27)15-10-14(25-2)7-8-17(15)26-3/h4-10,18,27H,1-3H3,(H,22,24). The Hall–Kier alpha value is -3.11. The minimum atomic E-state index is -0.617. The molecular weight excluding hydrogens is 362 g/mol.